The molecule has 0 spiro atoms. The largest absolute Gasteiger partial charge is 0.324 e. The standard InChI is InChI=1S/C14H14BrClN2/c1-9-3-2-4-18-14(9)8-13(17)10-5-11(15)7-12(16)6-10/h2-7,13H,8,17H2,1H3. The van der Waals surface area contributed by atoms with Gasteiger partial charge in [0.1, 0.15) is 0 Å². The maximum Gasteiger partial charge on any atom is 0.0451 e. The molecule has 0 saturated carbocycles. The minimum Gasteiger partial charge on any atom is -0.324 e. The van der Waals surface area contributed by atoms with Crippen molar-refractivity contribution < 1.29 is 0 Å². The van der Waals surface area contributed by atoms with Crippen molar-refractivity contribution in [1.82, 2.24) is 4.98 Å². The number of aryl methyl sites for hydroxylation is 1. The van der Waals surface area contributed by atoms with Crippen LogP contribution in [0.25, 0.3) is 0 Å². The van der Waals surface area contributed by atoms with Crippen molar-refractivity contribution in [1.29, 1.82) is 0 Å². The number of nitrogens with two attached hydrogens (primary N) is 1. The summed E-state index contributed by atoms with van der Waals surface area (Å²) in [5.41, 5.74) is 9.42. The van der Waals surface area contributed by atoms with Crippen molar-refractivity contribution in [3.05, 3.63) is 62.8 Å². The zero-order chi connectivity index (χ0) is 13.1. The van der Waals surface area contributed by atoms with E-state index >= 15 is 0 Å². The van der Waals surface area contributed by atoms with Gasteiger partial charge < -0.3 is 5.73 Å². The lowest BCUT2D eigenvalue weighted by atomic mass is 10.0. The van der Waals surface area contributed by atoms with Gasteiger partial charge in [0.05, 0.1) is 0 Å². The van der Waals surface area contributed by atoms with E-state index in [9.17, 15) is 0 Å². The summed E-state index contributed by atoms with van der Waals surface area (Å²) >= 11 is 9.45. The van der Waals surface area contributed by atoms with Gasteiger partial charge in [-0.15, -0.1) is 0 Å². The number of nitrogens with zero attached hydrogens (tertiary/aromatic N) is 1. The number of halogens is 2. The van der Waals surface area contributed by atoms with Crippen LogP contribution in [0.1, 0.15) is 22.9 Å². The monoisotopic (exact) mass is 324 g/mol. The Labute approximate surface area is 120 Å². The maximum absolute atomic E-state index is 6.21. The van der Waals surface area contributed by atoms with Crippen molar-refractivity contribution in [3.8, 4) is 0 Å². The molecule has 0 aliphatic carbocycles. The Balaban J connectivity index is 2.22. The Morgan fingerprint density at radius 1 is 1.39 bits per heavy atom. The van der Waals surface area contributed by atoms with E-state index in [0.29, 0.717) is 11.4 Å². The lowest BCUT2D eigenvalue weighted by Crippen LogP contribution is -2.14. The Morgan fingerprint density at radius 2 is 2.17 bits per heavy atom. The Kier molecular flexibility index (Phi) is 4.38. The van der Waals surface area contributed by atoms with Crippen molar-refractivity contribution in [3.63, 3.8) is 0 Å². The Hall–Kier alpha value is -0.900. The van der Waals surface area contributed by atoms with Gasteiger partial charge in [0.2, 0.25) is 0 Å². The van der Waals surface area contributed by atoms with Gasteiger partial charge in [0.25, 0.3) is 0 Å². The molecule has 94 valence electrons. The van der Waals surface area contributed by atoms with Crippen LogP contribution in [0.3, 0.4) is 0 Å². The van der Waals surface area contributed by atoms with E-state index in [4.69, 9.17) is 17.3 Å². The first-order valence-electron chi connectivity index (χ1n) is 5.68. The summed E-state index contributed by atoms with van der Waals surface area (Å²) in [6.45, 7) is 2.04. The van der Waals surface area contributed by atoms with E-state index in [0.717, 1.165) is 21.3 Å². The molecule has 0 aliphatic rings. The van der Waals surface area contributed by atoms with Gasteiger partial charge >= 0.3 is 0 Å². The second kappa shape index (κ2) is 5.83. The normalized spacial score (nSPS) is 12.4. The second-order valence-electron chi connectivity index (χ2n) is 4.28. The van der Waals surface area contributed by atoms with Gasteiger partial charge in [-0.1, -0.05) is 33.6 Å². The molecular weight excluding hydrogens is 312 g/mol. The second-order valence-corrected chi connectivity index (χ2v) is 5.63. The van der Waals surface area contributed by atoms with Gasteiger partial charge in [-0.2, -0.15) is 0 Å². The third-order valence-electron chi connectivity index (χ3n) is 2.84. The summed E-state index contributed by atoms with van der Waals surface area (Å²) in [6.07, 6.45) is 2.50. The van der Waals surface area contributed by atoms with Crippen LogP contribution in [0.15, 0.2) is 41.0 Å². The number of pyridine rings is 1. The third-order valence-corrected chi connectivity index (χ3v) is 3.52. The molecule has 0 aliphatic heterocycles. The molecule has 1 heterocycles. The van der Waals surface area contributed by atoms with E-state index in [1.165, 1.54) is 0 Å². The van der Waals surface area contributed by atoms with Crippen LogP contribution in [0, 0.1) is 6.92 Å². The lowest BCUT2D eigenvalue weighted by Gasteiger charge is -2.14. The SMILES string of the molecule is Cc1cccnc1CC(N)c1cc(Cl)cc(Br)c1. The van der Waals surface area contributed by atoms with Crippen molar-refractivity contribution in [2.75, 3.05) is 0 Å². The van der Waals surface area contributed by atoms with E-state index in [-0.39, 0.29) is 6.04 Å². The number of hydrogen-bond acceptors (Lipinski definition) is 2. The minimum absolute atomic E-state index is 0.103. The minimum atomic E-state index is -0.103. The van der Waals surface area contributed by atoms with Crippen LogP contribution in [0.5, 0.6) is 0 Å². The summed E-state index contributed by atoms with van der Waals surface area (Å²) in [6, 6.07) is 9.62. The van der Waals surface area contributed by atoms with Crippen molar-refractivity contribution in [2.45, 2.75) is 19.4 Å². The summed E-state index contributed by atoms with van der Waals surface area (Å²) in [5, 5.41) is 0.688. The molecule has 2 N–H and O–H groups in total. The Bertz CT molecular complexity index is 537. The van der Waals surface area contributed by atoms with Gasteiger partial charge in [-0.05, 0) is 42.3 Å². The Morgan fingerprint density at radius 3 is 2.83 bits per heavy atom. The predicted molar refractivity (Wildman–Crippen MR) is 78.8 cm³/mol. The van der Waals surface area contributed by atoms with Crippen LogP contribution in [0.4, 0.5) is 0 Å². The molecule has 0 amide bonds. The molecule has 1 unspecified atom stereocenters. The van der Waals surface area contributed by atoms with Gasteiger partial charge in [-0.3, -0.25) is 4.98 Å². The summed E-state index contributed by atoms with van der Waals surface area (Å²) in [4.78, 5) is 4.36. The van der Waals surface area contributed by atoms with Crippen LogP contribution in [0.2, 0.25) is 5.02 Å². The highest BCUT2D eigenvalue weighted by atomic mass is 79.9. The van der Waals surface area contributed by atoms with Gasteiger partial charge in [0.15, 0.2) is 0 Å². The zero-order valence-electron chi connectivity index (χ0n) is 10.0. The van der Waals surface area contributed by atoms with E-state index in [1.54, 1.807) is 6.20 Å². The fraction of sp³-hybridized carbons (Fsp3) is 0.214. The van der Waals surface area contributed by atoms with E-state index < -0.39 is 0 Å². The van der Waals surface area contributed by atoms with Crippen LogP contribution in [-0.2, 0) is 6.42 Å². The number of aromatic nitrogens is 1. The molecule has 2 rings (SSSR count). The molecule has 2 aromatic rings. The first-order chi connectivity index (χ1) is 8.56. The van der Waals surface area contributed by atoms with E-state index in [2.05, 4.69) is 20.9 Å². The highest BCUT2D eigenvalue weighted by Crippen LogP contribution is 2.24. The van der Waals surface area contributed by atoms with Crippen LogP contribution >= 0.6 is 27.5 Å². The molecule has 0 fully saturated rings. The first kappa shape index (κ1) is 13.5. The molecule has 0 saturated heterocycles. The van der Waals surface area contributed by atoms with Crippen molar-refractivity contribution in [2.24, 2.45) is 5.73 Å². The highest BCUT2D eigenvalue weighted by Gasteiger charge is 2.11. The number of rotatable bonds is 3. The molecule has 1 aromatic carbocycles. The van der Waals surface area contributed by atoms with E-state index in [1.807, 2.05) is 37.3 Å². The molecular formula is C14H14BrClN2. The molecule has 4 heteroatoms. The third kappa shape index (κ3) is 3.31. The quantitative estimate of drug-likeness (QED) is 0.924. The molecule has 2 nitrogen and oxygen atoms in total. The fourth-order valence-corrected chi connectivity index (χ4v) is 2.73. The van der Waals surface area contributed by atoms with Crippen LogP contribution < -0.4 is 5.73 Å². The van der Waals surface area contributed by atoms with Crippen molar-refractivity contribution >= 4 is 27.5 Å². The molecule has 1 aromatic heterocycles. The zero-order valence-corrected chi connectivity index (χ0v) is 12.4. The highest BCUT2D eigenvalue weighted by molar-refractivity contribution is 9.10. The fourth-order valence-electron chi connectivity index (χ4n) is 1.85. The predicted octanol–water partition coefficient (Wildman–Crippen LogP) is 4.05. The summed E-state index contributed by atoms with van der Waals surface area (Å²) in [5.74, 6) is 0. The maximum atomic E-state index is 6.21. The number of benzene rings is 1. The average Bonchev–Trinajstić information content (AvgIpc) is 2.31. The molecule has 1 atom stereocenters. The number of hydrogen-bond donors (Lipinski definition) is 1. The van der Waals surface area contributed by atoms with Gasteiger partial charge in [0, 0.05) is 33.8 Å². The summed E-state index contributed by atoms with van der Waals surface area (Å²) in [7, 11) is 0. The molecule has 0 radical (unpaired) electrons. The molecule has 18 heavy (non-hydrogen) atoms. The average molecular weight is 326 g/mol. The smallest absolute Gasteiger partial charge is 0.0451 e. The topological polar surface area (TPSA) is 38.9 Å². The lowest BCUT2D eigenvalue weighted by molar-refractivity contribution is 0.702. The molecule has 0 bridgehead atoms. The first-order valence-corrected chi connectivity index (χ1v) is 6.85. The van der Waals surface area contributed by atoms with Crippen LogP contribution in [-0.4, -0.2) is 4.98 Å². The summed E-state index contributed by atoms with van der Waals surface area (Å²) < 4.78 is 0.943. The van der Waals surface area contributed by atoms with Gasteiger partial charge in [-0.25, -0.2) is 0 Å².